The van der Waals surface area contributed by atoms with E-state index in [0.29, 0.717) is 6.04 Å². The molecule has 1 unspecified atom stereocenters. The van der Waals surface area contributed by atoms with Crippen molar-refractivity contribution in [2.24, 2.45) is 0 Å². The standard InChI is InChI=1S/C20H31NO2/c1-2-3-4-5-11-18-16-22-15-14-21(18)23-20-13-8-10-17-9-6-7-12-19(17)20/h8,10,13,18H,2-7,9,11-12,14-16H2,1H3. The van der Waals surface area contributed by atoms with Gasteiger partial charge in [0, 0.05) is 0 Å². The van der Waals surface area contributed by atoms with Crippen molar-refractivity contribution < 1.29 is 9.57 Å². The van der Waals surface area contributed by atoms with Crippen LogP contribution in [0.15, 0.2) is 18.2 Å². The lowest BCUT2D eigenvalue weighted by atomic mass is 9.91. The van der Waals surface area contributed by atoms with Crippen molar-refractivity contribution in [1.29, 1.82) is 0 Å². The summed E-state index contributed by atoms with van der Waals surface area (Å²) in [5.74, 6) is 1.09. The monoisotopic (exact) mass is 317 g/mol. The maximum absolute atomic E-state index is 6.38. The maximum atomic E-state index is 6.38. The minimum atomic E-state index is 0.403. The molecule has 23 heavy (non-hydrogen) atoms. The van der Waals surface area contributed by atoms with E-state index < -0.39 is 0 Å². The van der Waals surface area contributed by atoms with Crippen LogP contribution in [0.2, 0.25) is 0 Å². The normalized spacial score (nSPS) is 21.9. The summed E-state index contributed by atoms with van der Waals surface area (Å²) in [6.07, 6.45) is 11.4. The molecular weight excluding hydrogens is 286 g/mol. The van der Waals surface area contributed by atoms with Gasteiger partial charge in [-0.2, -0.15) is 0 Å². The summed E-state index contributed by atoms with van der Waals surface area (Å²) >= 11 is 0. The van der Waals surface area contributed by atoms with Crippen LogP contribution in [0, 0.1) is 0 Å². The number of ether oxygens (including phenoxy) is 1. The molecule has 128 valence electrons. The highest BCUT2D eigenvalue weighted by atomic mass is 16.7. The number of rotatable bonds is 7. The van der Waals surface area contributed by atoms with Crippen LogP contribution in [0.1, 0.15) is 63.0 Å². The summed E-state index contributed by atoms with van der Waals surface area (Å²) in [6, 6.07) is 6.97. The summed E-state index contributed by atoms with van der Waals surface area (Å²) in [5, 5.41) is 2.19. The second-order valence-corrected chi connectivity index (χ2v) is 6.91. The van der Waals surface area contributed by atoms with Crippen molar-refractivity contribution in [3.63, 3.8) is 0 Å². The molecule has 1 aliphatic heterocycles. The van der Waals surface area contributed by atoms with Crippen molar-refractivity contribution in [2.45, 2.75) is 70.8 Å². The largest absolute Gasteiger partial charge is 0.405 e. The van der Waals surface area contributed by atoms with E-state index in [1.54, 1.807) is 0 Å². The van der Waals surface area contributed by atoms with Gasteiger partial charge < -0.3 is 9.57 Å². The molecule has 1 aromatic carbocycles. The topological polar surface area (TPSA) is 21.7 Å². The summed E-state index contributed by atoms with van der Waals surface area (Å²) in [7, 11) is 0. The van der Waals surface area contributed by atoms with Gasteiger partial charge in [0.1, 0.15) is 0 Å². The van der Waals surface area contributed by atoms with E-state index in [-0.39, 0.29) is 0 Å². The molecule has 1 aromatic rings. The van der Waals surface area contributed by atoms with Gasteiger partial charge in [0.15, 0.2) is 5.75 Å². The van der Waals surface area contributed by atoms with Gasteiger partial charge in [0.25, 0.3) is 0 Å². The predicted molar refractivity (Wildman–Crippen MR) is 93.8 cm³/mol. The van der Waals surface area contributed by atoms with Crippen molar-refractivity contribution in [3.05, 3.63) is 29.3 Å². The van der Waals surface area contributed by atoms with E-state index in [4.69, 9.17) is 9.57 Å². The SMILES string of the molecule is CCCCCCC1COCCN1Oc1cccc2c1CCCC2. The number of hydroxylamine groups is 2. The average molecular weight is 317 g/mol. The maximum Gasteiger partial charge on any atom is 0.150 e. The molecule has 1 saturated heterocycles. The van der Waals surface area contributed by atoms with E-state index in [0.717, 1.165) is 31.9 Å². The fourth-order valence-corrected chi connectivity index (χ4v) is 3.75. The van der Waals surface area contributed by atoms with Crippen molar-refractivity contribution in [3.8, 4) is 5.75 Å². The van der Waals surface area contributed by atoms with Crippen molar-refractivity contribution >= 4 is 0 Å². The Morgan fingerprint density at radius 3 is 3.00 bits per heavy atom. The van der Waals surface area contributed by atoms with Crippen LogP contribution < -0.4 is 4.84 Å². The second kappa shape index (κ2) is 8.70. The molecule has 0 aromatic heterocycles. The molecule has 1 aliphatic carbocycles. The number of aryl methyl sites for hydroxylation is 1. The highest BCUT2D eigenvalue weighted by molar-refractivity contribution is 5.41. The highest BCUT2D eigenvalue weighted by Gasteiger charge is 2.26. The minimum Gasteiger partial charge on any atom is -0.405 e. The molecule has 0 radical (unpaired) electrons. The fourth-order valence-electron chi connectivity index (χ4n) is 3.75. The van der Waals surface area contributed by atoms with Gasteiger partial charge in [0.2, 0.25) is 0 Å². The summed E-state index contributed by atoms with van der Waals surface area (Å²) < 4.78 is 5.70. The average Bonchev–Trinajstić information content (AvgIpc) is 2.60. The van der Waals surface area contributed by atoms with Gasteiger partial charge in [-0.05, 0) is 49.3 Å². The van der Waals surface area contributed by atoms with Gasteiger partial charge in [0.05, 0.1) is 25.8 Å². The number of morpholine rings is 1. The van der Waals surface area contributed by atoms with Crippen LogP contribution in [0.5, 0.6) is 5.75 Å². The third kappa shape index (κ3) is 4.48. The van der Waals surface area contributed by atoms with Gasteiger partial charge in [-0.15, -0.1) is 5.06 Å². The zero-order valence-corrected chi connectivity index (χ0v) is 14.6. The van der Waals surface area contributed by atoms with Crippen LogP contribution in [-0.2, 0) is 17.6 Å². The quantitative estimate of drug-likeness (QED) is 0.690. The van der Waals surface area contributed by atoms with E-state index in [9.17, 15) is 0 Å². The molecule has 1 fully saturated rings. The Kier molecular flexibility index (Phi) is 6.35. The smallest absolute Gasteiger partial charge is 0.150 e. The van der Waals surface area contributed by atoms with Crippen LogP contribution in [-0.4, -0.2) is 30.9 Å². The van der Waals surface area contributed by atoms with Gasteiger partial charge >= 0.3 is 0 Å². The van der Waals surface area contributed by atoms with Crippen molar-refractivity contribution in [1.82, 2.24) is 5.06 Å². The fraction of sp³-hybridized carbons (Fsp3) is 0.700. The third-order valence-electron chi connectivity index (χ3n) is 5.13. The second-order valence-electron chi connectivity index (χ2n) is 6.91. The van der Waals surface area contributed by atoms with Gasteiger partial charge in [-0.3, -0.25) is 0 Å². The molecule has 0 saturated carbocycles. The predicted octanol–water partition coefficient (Wildman–Crippen LogP) is 4.53. The zero-order valence-electron chi connectivity index (χ0n) is 14.6. The summed E-state index contributed by atoms with van der Waals surface area (Å²) in [6.45, 7) is 4.72. The Morgan fingerprint density at radius 1 is 1.17 bits per heavy atom. The molecule has 0 spiro atoms. The Labute approximate surface area is 140 Å². The lowest BCUT2D eigenvalue weighted by Gasteiger charge is -2.35. The molecule has 3 rings (SSSR count). The van der Waals surface area contributed by atoms with Crippen LogP contribution in [0.3, 0.4) is 0 Å². The molecule has 0 N–H and O–H groups in total. The lowest BCUT2D eigenvalue weighted by molar-refractivity contribution is -0.159. The molecule has 1 atom stereocenters. The molecule has 3 heteroatoms. The molecule has 0 bridgehead atoms. The summed E-state index contributed by atoms with van der Waals surface area (Å²) in [4.78, 5) is 6.38. The van der Waals surface area contributed by atoms with Crippen LogP contribution >= 0.6 is 0 Å². The summed E-state index contributed by atoms with van der Waals surface area (Å²) in [5.41, 5.74) is 2.93. The zero-order chi connectivity index (χ0) is 15.9. The minimum absolute atomic E-state index is 0.403. The Bertz CT molecular complexity index is 489. The van der Waals surface area contributed by atoms with Gasteiger partial charge in [-0.25, -0.2) is 0 Å². The molecular formula is C20H31NO2. The van der Waals surface area contributed by atoms with E-state index in [1.807, 2.05) is 0 Å². The number of fused-ring (bicyclic) bond motifs is 1. The Morgan fingerprint density at radius 2 is 2.09 bits per heavy atom. The van der Waals surface area contributed by atoms with E-state index >= 15 is 0 Å². The van der Waals surface area contributed by atoms with Gasteiger partial charge in [-0.1, -0.05) is 44.7 Å². The highest BCUT2D eigenvalue weighted by Crippen LogP contribution is 2.31. The first-order valence-electron chi connectivity index (χ1n) is 9.51. The molecule has 1 heterocycles. The first kappa shape index (κ1) is 16.8. The third-order valence-corrected chi connectivity index (χ3v) is 5.13. The number of hydrogen-bond acceptors (Lipinski definition) is 3. The van der Waals surface area contributed by atoms with Crippen molar-refractivity contribution in [2.75, 3.05) is 19.8 Å². The Balaban J connectivity index is 1.62. The molecule has 3 nitrogen and oxygen atoms in total. The molecule has 2 aliphatic rings. The number of hydrogen-bond donors (Lipinski definition) is 0. The first-order valence-corrected chi connectivity index (χ1v) is 9.51. The molecule has 0 amide bonds. The van der Waals surface area contributed by atoms with Crippen LogP contribution in [0.4, 0.5) is 0 Å². The number of nitrogens with zero attached hydrogens (tertiary/aromatic N) is 1. The van der Waals surface area contributed by atoms with E-state index in [2.05, 4.69) is 30.2 Å². The number of unbranched alkanes of at least 4 members (excludes halogenated alkanes) is 3. The lowest BCUT2D eigenvalue weighted by Crippen LogP contribution is -2.47. The van der Waals surface area contributed by atoms with E-state index in [1.165, 1.54) is 62.5 Å². The number of benzene rings is 1. The first-order chi connectivity index (χ1) is 11.4. The van der Waals surface area contributed by atoms with Crippen LogP contribution in [0.25, 0.3) is 0 Å². The Hall–Kier alpha value is -1.06.